The summed E-state index contributed by atoms with van der Waals surface area (Å²) in [6.07, 6.45) is -18.9. The highest BCUT2D eigenvalue weighted by Gasteiger charge is 2.70. The summed E-state index contributed by atoms with van der Waals surface area (Å²) in [5, 5.41) is 120. The van der Waals surface area contributed by atoms with Gasteiger partial charge in [-0.2, -0.15) is 0 Å². The van der Waals surface area contributed by atoms with Crippen LogP contribution in [-0.2, 0) is 42.7 Å². The Labute approximate surface area is 428 Å². The monoisotopic (exact) mass is 1040 g/mol. The summed E-state index contributed by atoms with van der Waals surface area (Å²) in [5.41, 5.74) is 0.0276. The van der Waals surface area contributed by atoms with Crippen molar-refractivity contribution in [3.8, 4) is 0 Å². The topological polar surface area (TPSA) is 313 Å². The van der Waals surface area contributed by atoms with Crippen LogP contribution in [0, 0.1) is 50.2 Å². The van der Waals surface area contributed by atoms with Crippen molar-refractivity contribution in [3.05, 3.63) is 11.6 Å². The molecule has 9 aliphatic rings. The third-order valence-electron chi connectivity index (χ3n) is 21.0. The second kappa shape index (κ2) is 20.0. The molecule has 4 saturated carbocycles. The fourth-order valence-electron chi connectivity index (χ4n) is 16.1. The molecule has 0 aromatic heterocycles. The lowest BCUT2D eigenvalue weighted by molar-refractivity contribution is -0.384. The molecule has 0 unspecified atom stereocenters. The fraction of sp³-hybridized carbons (Fsp3) is 0.943. The van der Waals surface area contributed by atoms with Crippen molar-refractivity contribution in [2.45, 2.75) is 249 Å². The number of rotatable bonds is 10. The van der Waals surface area contributed by atoms with Crippen LogP contribution in [0.4, 0.5) is 0 Å². The van der Waals surface area contributed by atoms with Crippen molar-refractivity contribution in [3.63, 3.8) is 0 Å². The average Bonchev–Trinajstić information content (AvgIpc) is 3.32. The van der Waals surface area contributed by atoms with Gasteiger partial charge in [-0.15, -0.1) is 0 Å². The normalized spacial score (nSPS) is 54.7. The first-order chi connectivity index (χ1) is 34.0. The second-order valence-corrected chi connectivity index (χ2v) is 25.8. The minimum absolute atomic E-state index is 0.0168. The van der Waals surface area contributed by atoms with Crippen molar-refractivity contribution < 1.29 is 98.9 Å². The van der Waals surface area contributed by atoms with E-state index in [0.717, 1.165) is 44.9 Å². The van der Waals surface area contributed by atoms with Crippen LogP contribution in [0.2, 0.25) is 0 Å². The van der Waals surface area contributed by atoms with E-state index in [-0.39, 0.29) is 46.2 Å². The number of fused-ring (bicyclic) bond motifs is 7. The van der Waals surface area contributed by atoms with Gasteiger partial charge >= 0.3 is 5.97 Å². The van der Waals surface area contributed by atoms with Crippen molar-refractivity contribution >= 4 is 5.97 Å². The number of carbonyl (C=O) groups is 1. The Morgan fingerprint density at radius 1 is 0.616 bits per heavy atom. The predicted molar refractivity (Wildman–Crippen MR) is 254 cm³/mol. The van der Waals surface area contributed by atoms with E-state index < -0.39 is 140 Å². The number of aliphatic hydroxyl groups excluding tert-OH is 10. The largest absolute Gasteiger partial charge is 0.481 e. The minimum atomic E-state index is -1.91. The van der Waals surface area contributed by atoms with Gasteiger partial charge in [-0.25, -0.2) is 0 Å². The average molecular weight is 1040 g/mol. The molecule has 418 valence electrons. The quantitative estimate of drug-likeness (QED) is 0.108. The van der Waals surface area contributed by atoms with Crippen LogP contribution < -0.4 is 0 Å². The molecular weight excluding hydrogens is 957 g/mol. The van der Waals surface area contributed by atoms with Gasteiger partial charge in [-0.05, 0) is 123 Å². The van der Waals surface area contributed by atoms with Gasteiger partial charge in [0, 0.05) is 0 Å². The van der Waals surface area contributed by atoms with E-state index in [9.17, 15) is 61.0 Å². The Kier molecular flexibility index (Phi) is 15.4. The van der Waals surface area contributed by atoms with E-state index in [1.165, 1.54) is 19.4 Å². The highest BCUT2D eigenvalue weighted by atomic mass is 16.8. The van der Waals surface area contributed by atoms with Crippen LogP contribution in [0.5, 0.6) is 0 Å². The standard InChI is InChI=1S/C53H86O20/c1-23-32(55)36(59)38(61)43(68-23)67-22-28-35(58)37(60)39(62)44(70-28)72-41-33(56)24(2)69-45(40(41)63)73-42-34(57)27(54)21-66-46(42)71-31-13-14-50(7)29(49(31,5)6)12-15-52(9)30(50)11-10-25-26-20-48(3,4)16-18-53(26,47(64)65)19-17-51(25,52)8/h10,23-24,26-46,54-63H,11-22H2,1-9H3,(H,64,65)/t23-,24-,26-,27-,28+,29-,30+,31-,32-,33-,34-,35+,36+,37-,38+,39+,40+,41+,42+,43+,44-,45-,46-,50-,51+,52+,53-/m0/s1. The molecule has 11 N–H and O–H groups in total. The van der Waals surface area contributed by atoms with Gasteiger partial charge in [0.25, 0.3) is 0 Å². The molecular formula is C53H86O20. The Balaban J connectivity index is 0.887. The first kappa shape index (κ1) is 56.2. The van der Waals surface area contributed by atoms with E-state index in [2.05, 4.69) is 54.5 Å². The van der Waals surface area contributed by atoms with Gasteiger partial charge in [0.05, 0.1) is 36.9 Å². The lowest BCUT2D eigenvalue weighted by Crippen LogP contribution is -2.66. The Morgan fingerprint density at radius 2 is 1.23 bits per heavy atom. The SMILES string of the molecule is C[C@@H]1O[C@@H](OC[C@H]2O[C@@H](O[C@@H]3[C@@H](O)[C@H](C)O[C@@H](O[C@H]4[C@H](O[C@H]5CC[C@]6(C)[C@H]7CC=C8[C@@H]9CC(C)(C)CC[C@]9(C(=O)O)CC[C@@]8(C)[C@]7(C)CC[C@H]6C5(C)C)OC[C@H](O)[C@@H]4O)[C@@H]3O)[C@H](O)[C@@H](O)[C@@H]2O)[C@H](O)[C@H](O)[C@H]1O. The Morgan fingerprint density at radius 3 is 1.93 bits per heavy atom. The maximum Gasteiger partial charge on any atom is 0.310 e. The maximum absolute atomic E-state index is 13.2. The smallest absolute Gasteiger partial charge is 0.310 e. The van der Waals surface area contributed by atoms with E-state index >= 15 is 0 Å². The second-order valence-electron chi connectivity index (χ2n) is 25.8. The van der Waals surface area contributed by atoms with Crippen LogP contribution in [0.15, 0.2) is 11.6 Å². The number of hydrogen-bond acceptors (Lipinski definition) is 19. The van der Waals surface area contributed by atoms with Crippen LogP contribution >= 0.6 is 0 Å². The van der Waals surface area contributed by atoms with E-state index in [1.54, 1.807) is 0 Å². The molecule has 20 heteroatoms. The zero-order valence-corrected chi connectivity index (χ0v) is 43.9. The summed E-state index contributed by atoms with van der Waals surface area (Å²) in [5.74, 6) is -0.0740. The van der Waals surface area contributed by atoms with Crippen molar-refractivity contribution in [2.75, 3.05) is 13.2 Å². The van der Waals surface area contributed by atoms with Crippen molar-refractivity contribution in [2.24, 2.45) is 50.2 Å². The molecule has 5 aliphatic carbocycles. The van der Waals surface area contributed by atoms with Crippen LogP contribution in [0.25, 0.3) is 0 Å². The molecule has 8 fully saturated rings. The van der Waals surface area contributed by atoms with Crippen LogP contribution in [-0.4, -0.2) is 198 Å². The number of carboxylic acid groups (broad SMARTS) is 1. The maximum atomic E-state index is 13.2. The molecule has 0 aromatic carbocycles. The number of aliphatic hydroxyl groups is 10. The summed E-state index contributed by atoms with van der Waals surface area (Å²) in [7, 11) is 0. The summed E-state index contributed by atoms with van der Waals surface area (Å²) in [4.78, 5) is 13.2. The van der Waals surface area contributed by atoms with Gasteiger partial charge in [0.15, 0.2) is 25.2 Å². The molecule has 0 amide bonds. The summed E-state index contributed by atoms with van der Waals surface area (Å²) < 4.78 is 48.0. The fourth-order valence-corrected chi connectivity index (χ4v) is 16.1. The molecule has 4 heterocycles. The lowest BCUT2D eigenvalue weighted by Gasteiger charge is -2.71. The third-order valence-corrected chi connectivity index (χ3v) is 21.0. The molecule has 0 bridgehead atoms. The highest BCUT2D eigenvalue weighted by molar-refractivity contribution is 5.76. The molecule has 9 rings (SSSR count). The molecule has 27 atom stereocenters. The highest BCUT2D eigenvalue weighted by Crippen LogP contribution is 2.76. The molecule has 20 nitrogen and oxygen atoms in total. The first-order valence-electron chi connectivity index (χ1n) is 26.9. The van der Waals surface area contributed by atoms with Crippen molar-refractivity contribution in [1.82, 2.24) is 0 Å². The van der Waals surface area contributed by atoms with E-state index in [0.29, 0.717) is 25.2 Å². The van der Waals surface area contributed by atoms with Crippen molar-refractivity contribution in [1.29, 1.82) is 0 Å². The van der Waals surface area contributed by atoms with E-state index in [1.807, 2.05) is 0 Å². The molecule has 0 spiro atoms. The third kappa shape index (κ3) is 9.21. The van der Waals surface area contributed by atoms with Gasteiger partial charge in [0.2, 0.25) is 0 Å². The minimum Gasteiger partial charge on any atom is -0.481 e. The van der Waals surface area contributed by atoms with Gasteiger partial charge in [0.1, 0.15) is 79.4 Å². The van der Waals surface area contributed by atoms with Gasteiger partial charge in [-0.1, -0.05) is 60.1 Å². The first-order valence-corrected chi connectivity index (χ1v) is 26.9. The summed E-state index contributed by atoms with van der Waals surface area (Å²) >= 11 is 0. The Bertz CT molecular complexity index is 2020. The molecule has 4 saturated heterocycles. The molecule has 73 heavy (non-hydrogen) atoms. The Hall–Kier alpha value is -1.51. The molecule has 0 radical (unpaired) electrons. The van der Waals surface area contributed by atoms with Gasteiger partial charge < -0.3 is 94.1 Å². The number of carboxylic acids is 1. The number of allylic oxidation sites excluding steroid dienone is 2. The number of aliphatic carboxylic acids is 1. The van der Waals surface area contributed by atoms with E-state index in [4.69, 9.17) is 37.9 Å². The molecule has 4 aliphatic heterocycles. The van der Waals surface area contributed by atoms with Crippen LogP contribution in [0.1, 0.15) is 127 Å². The zero-order valence-electron chi connectivity index (χ0n) is 43.9. The zero-order chi connectivity index (χ0) is 53.3. The number of hydrogen-bond donors (Lipinski definition) is 11. The lowest BCUT2D eigenvalue weighted by atomic mass is 9.33. The number of ether oxygens (including phenoxy) is 8. The summed E-state index contributed by atoms with van der Waals surface area (Å²) in [6.45, 7) is 18.5. The van der Waals surface area contributed by atoms with Gasteiger partial charge in [-0.3, -0.25) is 4.79 Å². The predicted octanol–water partition coefficient (Wildman–Crippen LogP) is 1.22. The van der Waals surface area contributed by atoms with Crippen LogP contribution in [0.3, 0.4) is 0 Å². The summed E-state index contributed by atoms with van der Waals surface area (Å²) in [6, 6.07) is 0. The molecule has 0 aromatic rings.